The van der Waals surface area contributed by atoms with E-state index in [9.17, 15) is 9.59 Å². The predicted molar refractivity (Wildman–Crippen MR) is 129 cm³/mol. The van der Waals surface area contributed by atoms with Crippen LogP contribution in [0, 0.1) is 6.92 Å². The summed E-state index contributed by atoms with van der Waals surface area (Å²) in [6.45, 7) is 4.69. The fourth-order valence-electron chi connectivity index (χ4n) is 3.86. The molecule has 0 unspecified atom stereocenters. The lowest BCUT2D eigenvalue weighted by atomic mass is 10.2. The van der Waals surface area contributed by atoms with Gasteiger partial charge in [-0.1, -0.05) is 12.1 Å². The molecule has 1 saturated heterocycles. The first-order valence-corrected chi connectivity index (χ1v) is 11.0. The van der Waals surface area contributed by atoms with Crippen molar-refractivity contribution in [2.24, 2.45) is 0 Å². The summed E-state index contributed by atoms with van der Waals surface area (Å²) in [6, 6.07) is 16.2. The maximum atomic E-state index is 12.5. The van der Waals surface area contributed by atoms with Crippen LogP contribution in [0.15, 0.2) is 63.8 Å². The normalized spacial score (nSPS) is 13.7. The lowest BCUT2D eigenvalue weighted by Crippen LogP contribution is -2.36. The summed E-state index contributed by atoms with van der Waals surface area (Å²) in [5.74, 6) is 1.35. The number of morpholine rings is 1. The zero-order valence-electron chi connectivity index (χ0n) is 18.7. The summed E-state index contributed by atoms with van der Waals surface area (Å²) in [6.07, 6.45) is 0. The van der Waals surface area contributed by atoms with Gasteiger partial charge in [-0.3, -0.25) is 9.36 Å². The molecule has 10 nitrogen and oxygen atoms in total. The largest absolute Gasteiger partial charge is 0.420 e. The second-order valence-corrected chi connectivity index (χ2v) is 7.93. The molecule has 3 heterocycles. The summed E-state index contributed by atoms with van der Waals surface area (Å²) in [7, 11) is 0. The lowest BCUT2D eigenvalue weighted by Gasteiger charge is -2.28. The molecule has 2 aromatic carbocycles. The average molecular weight is 460 g/mol. The number of aryl methyl sites for hydroxylation is 1. The Labute approximate surface area is 195 Å². The van der Waals surface area contributed by atoms with Crippen LogP contribution in [0.2, 0.25) is 0 Å². The maximum Gasteiger partial charge on any atom is 0.420 e. The van der Waals surface area contributed by atoms with Crippen LogP contribution in [0.3, 0.4) is 0 Å². The van der Waals surface area contributed by atoms with Crippen molar-refractivity contribution in [1.29, 1.82) is 0 Å². The van der Waals surface area contributed by atoms with E-state index < -0.39 is 5.76 Å². The third-order valence-electron chi connectivity index (χ3n) is 5.48. The molecule has 0 aliphatic carbocycles. The van der Waals surface area contributed by atoms with E-state index in [2.05, 4.69) is 25.5 Å². The van der Waals surface area contributed by atoms with Gasteiger partial charge in [-0.05, 0) is 43.3 Å². The highest BCUT2D eigenvalue weighted by Gasteiger charge is 2.15. The Bertz CT molecular complexity index is 1370. The van der Waals surface area contributed by atoms with Crippen molar-refractivity contribution in [3.8, 4) is 0 Å². The van der Waals surface area contributed by atoms with Crippen molar-refractivity contribution in [2.45, 2.75) is 13.5 Å². The second-order valence-electron chi connectivity index (χ2n) is 7.93. The molecular formula is C24H24N6O4. The molecule has 34 heavy (non-hydrogen) atoms. The molecule has 0 saturated carbocycles. The molecule has 0 atom stereocenters. The van der Waals surface area contributed by atoms with Gasteiger partial charge in [0, 0.05) is 30.5 Å². The Kier molecular flexibility index (Phi) is 5.96. The molecule has 0 radical (unpaired) electrons. The minimum atomic E-state index is -0.563. The first-order valence-electron chi connectivity index (χ1n) is 11.0. The molecule has 10 heteroatoms. The summed E-state index contributed by atoms with van der Waals surface area (Å²) < 4.78 is 11.9. The van der Waals surface area contributed by atoms with Crippen molar-refractivity contribution in [2.75, 3.05) is 41.8 Å². The molecule has 0 spiro atoms. The minimum Gasteiger partial charge on any atom is -0.408 e. The SMILES string of the molecule is Cc1nc(Nc2ccc(NC(=O)Cn3c(=O)oc4ccccc43)cc2)cc(N2CCOCC2)n1. The first kappa shape index (κ1) is 21.7. The zero-order chi connectivity index (χ0) is 23.5. The van der Waals surface area contributed by atoms with Crippen molar-refractivity contribution in [3.05, 3.63) is 71.0 Å². The summed E-state index contributed by atoms with van der Waals surface area (Å²) in [4.78, 5) is 35.8. The van der Waals surface area contributed by atoms with Crippen LogP contribution in [0.25, 0.3) is 11.1 Å². The van der Waals surface area contributed by atoms with Crippen molar-refractivity contribution >= 4 is 40.0 Å². The molecule has 0 bridgehead atoms. The molecule has 1 aliphatic rings. The Morgan fingerprint density at radius 2 is 1.76 bits per heavy atom. The van der Waals surface area contributed by atoms with Crippen LogP contribution < -0.4 is 21.3 Å². The van der Waals surface area contributed by atoms with Gasteiger partial charge in [-0.2, -0.15) is 0 Å². The number of carbonyl (C=O) groups is 1. The van der Waals surface area contributed by atoms with Crippen molar-refractivity contribution in [3.63, 3.8) is 0 Å². The topological polar surface area (TPSA) is 115 Å². The van der Waals surface area contributed by atoms with Crippen molar-refractivity contribution < 1.29 is 13.9 Å². The number of para-hydroxylation sites is 2. The molecule has 4 aromatic rings. The first-order chi connectivity index (χ1) is 16.5. The molecule has 1 fully saturated rings. The van der Waals surface area contributed by atoms with Crippen molar-refractivity contribution in [1.82, 2.24) is 14.5 Å². The van der Waals surface area contributed by atoms with E-state index in [4.69, 9.17) is 9.15 Å². The number of fused-ring (bicyclic) bond motifs is 1. The Hall–Kier alpha value is -4.18. The fraction of sp³-hybridized carbons (Fsp3) is 0.250. The van der Waals surface area contributed by atoms with Gasteiger partial charge < -0.3 is 24.7 Å². The lowest BCUT2D eigenvalue weighted by molar-refractivity contribution is -0.116. The maximum absolute atomic E-state index is 12.5. The number of oxazole rings is 1. The monoisotopic (exact) mass is 460 g/mol. The van der Waals surface area contributed by atoms with Crippen LogP contribution in [0.1, 0.15) is 5.82 Å². The van der Waals surface area contributed by atoms with Gasteiger partial charge in [-0.25, -0.2) is 14.8 Å². The highest BCUT2D eigenvalue weighted by Crippen LogP contribution is 2.22. The third-order valence-corrected chi connectivity index (χ3v) is 5.48. The number of rotatable bonds is 6. The van der Waals surface area contributed by atoms with Crippen LogP contribution >= 0.6 is 0 Å². The standard InChI is InChI=1S/C24H24N6O4/c1-16-25-21(14-22(26-16)29-10-12-33-13-11-29)27-17-6-8-18(9-7-17)28-23(31)15-30-19-4-2-3-5-20(19)34-24(30)32/h2-9,14H,10-13,15H2,1H3,(H,28,31)(H,25,26,27). The Morgan fingerprint density at radius 1 is 1.03 bits per heavy atom. The summed E-state index contributed by atoms with van der Waals surface area (Å²) >= 11 is 0. The number of ether oxygens (including phenoxy) is 1. The molecule has 5 rings (SSSR count). The van der Waals surface area contributed by atoms with E-state index in [0.717, 1.165) is 24.6 Å². The van der Waals surface area contributed by atoms with Crippen LogP contribution in [0.5, 0.6) is 0 Å². The fourth-order valence-corrected chi connectivity index (χ4v) is 3.86. The minimum absolute atomic E-state index is 0.139. The van der Waals surface area contributed by atoms with Gasteiger partial charge in [-0.15, -0.1) is 0 Å². The number of benzene rings is 2. The molecule has 2 aromatic heterocycles. The summed E-state index contributed by atoms with van der Waals surface area (Å²) in [5.41, 5.74) is 2.47. The van der Waals surface area contributed by atoms with Gasteiger partial charge in [0.2, 0.25) is 5.91 Å². The number of amides is 1. The smallest absolute Gasteiger partial charge is 0.408 e. The van der Waals surface area contributed by atoms with E-state index in [-0.39, 0.29) is 12.5 Å². The number of carbonyl (C=O) groups excluding carboxylic acids is 1. The zero-order valence-corrected chi connectivity index (χ0v) is 18.7. The highest BCUT2D eigenvalue weighted by atomic mass is 16.5. The summed E-state index contributed by atoms with van der Waals surface area (Å²) in [5, 5.41) is 6.10. The quantitative estimate of drug-likeness (QED) is 0.451. The molecule has 174 valence electrons. The molecule has 1 amide bonds. The van der Waals surface area contributed by atoms with Gasteiger partial charge >= 0.3 is 5.76 Å². The number of hydrogen-bond acceptors (Lipinski definition) is 8. The van der Waals surface area contributed by atoms with E-state index in [1.807, 2.05) is 25.1 Å². The molecule has 2 N–H and O–H groups in total. The van der Waals surface area contributed by atoms with E-state index in [1.54, 1.807) is 36.4 Å². The Morgan fingerprint density at radius 3 is 2.56 bits per heavy atom. The number of anilines is 4. The molecule has 1 aliphatic heterocycles. The van der Waals surface area contributed by atoms with Gasteiger partial charge in [0.05, 0.1) is 18.7 Å². The molecular weight excluding hydrogens is 436 g/mol. The highest BCUT2D eigenvalue weighted by molar-refractivity contribution is 5.91. The van der Waals surface area contributed by atoms with Gasteiger partial charge in [0.15, 0.2) is 5.58 Å². The van der Waals surface area contributed by atoms with Gasteiger partial charge in [0.25, 0.3) is 0 Å². The van der Waals surface area contributed by atoms with Crippen LogP contribution in [0.4, 0.5) is 23.0 Å². The number of hydrogen-bond donors (Lipinski definition) is 2. The Balaban J connectivity index is 1.24. The number of nitrogens with one attached hydrogen (secondary N) is 2. The van der Waals surface area contributed by atoms with E-state index in [1.165, 1.54) is 4.57 Å². The van der Waals surface area contributed by atoms with Crippen LogP contribution in [-0.4, -0.2) is 46.7 Å². The third kappa shape index (κ3) is 4.76. The average Bonchev–Trinajstić information content (AvgIpc) is 3.15. The number of aromatic nitrogens is 3. The van der Waals surface area contributed by atoms with E-state index in [0.29, 0.717) is 41.6 Å². The second kappa shape index (κ2) is 9.36. The van der Waals surface area contributed by atoms with E-state index >= 15 is 0 Å². The van der Waals surface area contributed by atoms with Crippen LogP contribution in [-0.2, 0) is 16.1 Å². The van der Waals surface area contributed by atoms with Gasteiger partial charge in [0.1, 0.15) is 24.0 Å². The number of nitrogens with zero attached hydrogens (tertiary/aromatic N) is 4. The predicted octanol–water partition coefficient (Wildman–Crippen LogP) is 2.91.